The topological polar surface area (TPSA) is 101 Å². The van der Waals surface area contributed by atoms with Crippen molar-refractivity contribution in [2.75, 3.05) is 5.32 Å². The number of aromatic nitrogens is 1. The van der Waals surface area contributed by atoms with E-state index in [9.17, 15) is 14.4 Å². The number of anilines is 1. The molecule has 1 aliphatic carbocycles. The summed E-state index contributed by atoms with van der Waals surface area (Å²) in [6.45, 7) is 2.11. The number of nitrogens with zero attached hydrogens (tertiary/aromatic N) is 1. The van der Waals surface area contributed by atoms with Crippen molar-refractivity contribution in [1.82, 2.24) is 10.3 Å². The number of nitrogens with one attached hydrogen (secondary N) is 2. The van der Waals surface area contributed by atoms with Crippen molar-refractivity contribution >= 4 is 40.2 Å². The average Bonchev–Trinajstić information content (AvgIpc) is 3.16. The molecule has 156 valence electrons. The molecule has 2 N–H and O–H groups in total. The van der Waals surface area contributed by atoms with Crippen LogP contribution in [-0.4, -0.2) is 22.8 Å². The fourth-order valence-electron chi connectivity index (χ4n) is 3.68. The smallest absolute Gasteiger partial charge is 0.246 e. The van der Waals surface area contributed by atoms with Gasteiger partial charge in [-0.05, 0) is 31.4 Å². The summed E-state index contributed by atoms with van der Waals surface area (Å²) in [5.74, 6) is -0.0307. The Balaban J connectivity index is 1.67. The van der Waals surface area contributed by atoms with Crippen LogP contribution in [0.4, 0.5) is 5.69 Å². The van der Waals surface area contributed by atoms with Crippen molar-refractivity contribution < 1.29 is 14.0 Å². The number of hydrogen-bond donors (Lipinski definition) is 2. The number of hydrogen-bond acceptors (Lipinski definition) is 5. The van der Waals surface area contributed by atoms with Crippen molar-refractivity contribution in [1.29, 1.82) is 0 Å². The molecule has 8 heteroatoms. The van der Waals surface area contributed by atoms with E-state index in [1.165, 1.54) is 6.07 Å². The van der Waals surface area contributed by atoms with E-state index in [0.29, 0.717) is 53.1 Å². The van der Waals surface area contributed by atoms with Crippen LogP contribution >= 0.6 is 11.6 Å². The predicted molar refractivity (Wildman–Crippen MR) is 115 cm³/mol. The molecule has 0 saturated carbocycles. The molecule has 2 aliphatic heterocycles. The lowest BCUT2D eigenvalue weighted by Gasteiger charge is -2.14. The highest BCUT2D eigenvalue weighted by Crippen LogP contribution is 2.32. The number of amides is 2. The zero-order valence-electron chi connectivity index (χ0n) is 16.6. The van der Waals surface area contributed by atoms with Crippen molar-refractivity contribution in [2.45, 2.75) is 51.5 Å². The van der Waals surface area contributed by atoms with Crippen molar-refractivity contribution in [3.63, 3.8) is 0 Å². The maximum Gasteiger partial charge on any atom is 0.246 e. The summed E-state index contributed by atoms with van der Waals surface area (Å²) in [7, 11) is 0. The second kappa shape index (κ2) is 8.44. The van der Waals surface area contributed by atoms with E-state index in [0.717, 1.165) is 19.3 Å². The van der Waals surface area contributed by atoms with Crippen LogP contribution in [0, 0.1) is 0 Å². The van der Waals surface area contributed by atoms with Gasteiger partial charge in [0.2, 0.25) is 17.2 Å². The van der Waals surface area contributed by atoms with Gasteiger partial charge in [-0.1, -0.05) is 31.4 Å². The second-order valence-electron chi connectivity index (χ2n) is 7.52. The highest BCUT2D eigenvalue weighted by atomic mass is 35.5. The number of fused-ring (bicyclic) bond motifs is 2. The molecule has 1 fully saturated rings. The van der Waals surface area contributed by atoms with Gasteiger partial charge in [-0.15, -0.1) is 0 Å². The molecule has 3 aliphatic rings. The number of benzene rings is 2. The third kappa shape index (κ3) is 4.03. The van der Waals surface area contributed by atoms with Crippen LogP contribution in [0.5, 0.6) is 0 Å². The Morgan fingerprint density at radius 2 is 2.13 bits per heavy atom. The van der Waals surface area contributed by atoms with Crippen molar-refractivity contribution in [3.05, 3.63) is 45.1 Å². The van der Waals surface area contributed by atoms with Crippen molar-refractivity contribution in [2.24, 2.45) is 0 Å². The van der Waals surface area contributed by atoms with Gasteiger partial charge in [-0.25, -0.2) is 4.98 Å². The molecule has 0 bridgehead atoms. The lowest BCUT2D eigenvalue weighted by molar-refractivity contribution is -0.122. The van der Waals surface area contributed by atoms with Crippen LogP contribution in [0.25, 0.3) is 22.6 Å². The lowest BCUT2D eigenvalue weighted by Crippen LogP contribution is -2.37. The first-order valence-electron chi connectivity index (χ1n) is 10.1. The first-order valence-corrected chi connectivity index (χ1v) is 10.5. The Morgan fingerprint density at radius 3 is 2.87 bits per heavy atom. The van der Waals surface area contributed by atoms with Gasteiger partial charge in [-0.2, -0.15) is 0 Å². The minimum Gasteiger partial charge on any atom is -0.453 e. The summed E-state index contributed by atoms with van der Waals surface area (Å²) < 4.78 is 5.95. The standard InChI is InChI=1S/C22H22ClN3O4/c1-2-3-4-5-13-20(23)16(27)11-18-21(13)26-14-7-6-12(10-17(14)30-18)24-22(29)15-8-9-19(28)25-15/h6-7,10-11,15H,2-5,8-9H2,1H3,(H,24,29)(H,25,28)/t15-/m0/s1. The van der Waals surface area contributed by atoms with Gasteiger partial charge in [0.05, 0.1) is 5.02 Å². The molecule has 1 aromatic carbocycles. The Morgan fingerprint density at radius 1 is 1.30 bits per heavy atom. The fraction of sp³-hybridized carbons (Fsp3) is 0.364. The molecule has 2 amide bonds. The van der Waals surface area contributed by atoms with E-state index < -0.39 is 6.04 Å². The van der Waals surface area contributed by atoms with Gasteiger partial charge in [0, 0.05) is 29.8 Å². The van der Waals surface area contributed by atoms with Gasteiger partial charge in [0.1, 0.15) is 17.3 Å². The summed E-state index contributed by atoms with van der Waals surface area (Å²) >= 11 is 6.29. The third-order valence-corrected chi connectivity index (χ3v) is 5.70. The monoisotopic (exact) mass is 427 g/mol. The van der Waals surface area contributed by atoms with Crippen LogP contribution in [0.1, 0.15) is 44.6 Å². The van der Waals surface area contributed by atoms with E-state index in [2.05, 4.69) is 22.5 Å². The second-order valence-corrected chi connectivity index (χ2v) is 7.89. The van der Waals surface area contributed by atoms with Crippen LogP contribution in [0.3, 0.4) is 0 Å². The van der Waals surface area contributed by atoms with Crippen LogP contribution in [0.2, 0.25) is 5.02 Å². The van der Waals surface area contributed by atoms with Gasteiger partial charge in [0.25, 0.3) is 0 Å². The molecule has 1 aromatic rings. The number of halogens is 1. The average molecular weight is 428 g/mol. The van der Waals surface area contributed by atoms with E-state index in [1.807, 2.05) is 0 Å². The van der Waals surface area contributed by atoms with Gasteiger partial charge >= 0.3 is 0 Å². The fourth-order valence-corrected chi connectivity index (χ4v) is 3.92. The minimum atomic E-state index is -0.532. The summed E-state index contributed by atoms with van der Waals surface area (Å²) in [6, 6.07) is 5.96. The quantitative estimate of drug-likeness (QED) is 0.459. The molecule has 1 saturated heterocycles. The van der Waals surface area contributed by atoms with E-state index >= 15 is 0 Å². The van der Waals surface area contributed by atoms with E-state index in [4.69, 9.17) is 16.0 Å². The van der Waals surface area contributed by atoms with E-state index in [-0.39, 0.29) is 22.3 Å². The zero-order valence-corrected chi connectivity index (χ0v) is 17.3. The normalized spacial score (nSPS) is 16.2. The number of carbonyl (C=O) groups is 2. The minimum absolute atomic E-state index is 0.124. The molecule has 0 radical (unpaired) electrons. The number of rotatable bonds is 6. The van der Waals surface area contributed by atoms with Crippen LogP contribution < -0.4 is 16.1 Å². The lowest BCUT2D eigenvalue weighted by atomic mass is 10.0. The maximum atomic E-state index is 12.3. The van der Waals surface area contributed by atoms with Gasteiger partial charge < -0.3 is 15.1 Å². The molecule has 1 atom stereocenters. The van der Waals surface area contributed by atoms with Gasteiger partial charge in [-0.3, -0.25) is 14.4 Å². The first-order chi connectivity index (χ1) is 14.5. The third-order valence-electron chi connectivity index (χ3n) is 5.28. The molecule has 4 rings (SSSR count). The summed E-state index contributed by atoms with van der Waals surface area (Å²) in [5, 5.41) is 5.62. The Labute approximate surface area is 178 Å². The molecule has 0 unspecified atom stereocenters. The molecule has 0 aromatic heterocycles. The zero-order chi connectivity index (χ0) is 21.3. The van der Waals surface area contributed by atoms with Crippen LogP contribution in [-0.2, 0) is 16.0 Å². The molecule has 0 spiro atoms. The largest absolute Gasteiger partial charge is 0.453 e. The predicted octanol–water partition coefficient (Wildman–Crippen LogP) is 3.90. The first kappa shape index (κ1) is 20.3. The number of carbonyl (C=O) groups excluding carboxylic acids is 2. The highest BCUT2D eigenvalue weighted by Gasteiger charge is 2.27. The Kier molecular flexibility index (Phi) is 5.72. The van der Waals surface area contributed by atoms with Gasteiger partial charge in [0.15, 0.2) is 11.3 Å². The highest BCUT2D eigenvalue weighted by molar-refractivity contribution is 6.31. The summed E-state index contributed by atoms with van der Waals surface area (Å²) in [5.41, 5.74) is 2.58. The SMILES string of the molecule is CCCCCc1c2nc3ccc(NC(=O)[C@@H]4CCC(=O)N4)cc3oc-2cc(=O)c1Cl. The molecular weight excluding hydrogens is 406 g/mol. The van der Waals surface area contributed by atoms with Crippen LogP contribution in [0.15, 0.2) is 33.5 Å². The summed E-state index contributed by atoms with van der Waals surface area (Å²) in [6.07, 6.45) is 4.50. The molecule has 30 heavy (non-hydrogen) atoms. The molecular formula is C22H22ClN3O4. The number of unbranched alkanes of at least 4 members (excludes halogenated alkanes) is 2. The molecule has 7 nitrogen and oxygen atoms in total. The van der Waals surface area contributed by atoms with Crippen molar-refractivity contribution in [3.8, 4) is 11.5 Å². The Bertz CT molecular complexity index is 1160. The van der Waals surface area contributed by atoms with E-state index in [1.54, 1.807) is 18.2 Å². The summed E-state index contributed by atoms with van der Waals surface area (Å²) in [4.78, 5) is 40.6. The maximum absolute atomic E-state index is 12.3. The molecule has 2 heterocycles. The Hall–Kier alpha value is -2.93.